The lowest BCUT2D eigenvalue weighted by Gasteiger charge is -2.15. The number of methoxy groups -OCH3 is 1. The van der Waals surface area contributed by atoms with Crippen LogP contribution in [0.2, 0.25) is 5.02 Å². The molecule has 1 atom stereocenters. The summed E-state index contributed by atoms with van der Waals surface area (Å²) in [6.07, 6.45) is 2.72. The first-order valence-corrected chi connectivity index (χ1v) is 11.3. The predicted octanol–water partition coefficient (Wildman–Crippen LogP) is 3.42. The van der Waals surface area contributed by atoms with Crippen LogP contribution in [0.1, 0.15) is 41.7 Å². The van der Waals surface area contributed by atoms with E-state index in [1.54, 1.807) is 35.9 Å². The maximum absolute atomic E-state index is 13.0. The van der Waals surface area contributed by atoms with Gasteiger partial charge in [0.15, 0.2) is 5.65 Å². The Kier molecular flexibility index (Phi) is 7.10. The number of rotatable bonds is 9. The van der Waals surface area contributed by atoms with Gasteiger partial charge in [-0.25, -0.2) is 4.98 Å². The number of carbonyl (C=O) groups is 2. The summed E-state index contributed by atoms with van der Waals surface area (Å²) >= 11 is 5.94. The lowest BCUT2D eigenvalue weighted by Crippen LogP contribution is -2.24. The van der Waals surface area contributed by atoms with Gasteiger partial charge in [0.1, 0.15) is 11.4 Å². The van der Waals surface area contributed by atoms with Crippen molar-refractivity contribution in [1.82, 2.24) is 19.5 Å². The van der Waals surface area contributed by atoms with Crippen molar-refractivity contribution in [3.8, 4) is 0 Å². The minimum atomic E-state index is -0.319. The number of carbonyl (C=O) groups excluding carboxylic acids is 2. The lowest BCUT2D eigenvalue weighted by molar-refractivity contribution is -0.127. The zero-order valence-corrected chi connectivity index (χ0v) is 19.4. The van der Waals surface area contributed by atoms with Gasteiger partial charge in [-0.1, -0.05) is 11.6 Å². The van der Waals surface area contributed by atoms with E-state index in [0.717, 1.165) is 17.9 Å². The van der Waals surface area contributed by atoms with Gasteiger partial charge in [-0.2, -0.15) is 9.61 Å². The van der Waals surface area contributed by atoms with Gasteiger partial charge < -0.3 is 20.3 Å². The van der Waals surface area contributed by atoms with Crippen molar-refractivity contribution in [1.29, 1.82) is 0 Å². The number of hydrogen-bond donors (Lipinski definition) is 2. The topological polar surface area (TPSA) is 101 Å². The molecular weight excluding hydrogens is 444 g/mol. The molecule has 0 radical (unpaired) electrons. The molecule has 1 aromatic carbocycles. The highest BCUT2D eigenvalue weighted by Crippen LogP contribution is 2.29. The van der Waals surface area contributed by atoms with E-state index >= 15 is 0 Å². The summed E-state index contributed by atoms with van der Waals surface area (Å²) in [5.41, 5.74) is 2.18. The van der Waals surface area contributed by atoms with Crippen molar-refractivity contribution < 1.29 is 14.3 Å². The standard InChI is InChI=1S/C23H27ClN6O3/c1-3-29-14-15(11-21(29)31)19-12-20(25-9-4-10-33-2)30-22(28-19)18(13-26-30)23(32)27-17-7-5-16(24)6-8-17/h5-8,12-13,15,25H,3-4,9-11,14H2,1-2H3,(H,27,32). The minimum Gasteiger partial charge on any atom is -0.385 e. The fraction of sp³-hybridized carbons (Fsp3) is 0.391. The fourth-order valence-corrected chi connectivity index (χ4v) is 4.04. The zero-order chi connectivity index (χ0) is 23.4. The molecule has 4 rings (SSSR count). The molecule has 10 heteroatoms. The minimum absolute atomic E-state index is 0.0379. The number of amides is 2. The molecule has 2 aromatic heterocycles. The van der Waals surface area contributed by atoms with Gasteiger partial charge in [0, 0.05) is 62.5 Å². The monoisotopic (exact) mass is 470 g/mol. The van der Waals surface area contributed by atoms with Gasteiger partial charge in [0.2, 0.25) is 5.91 Å². The number of ether oxygens (including phenoxy) is 1. The molecule has 1 aliphatic heterocycles. The maximum Gasteiger partial charge on any atom is 0.261 e. The van der Waals surface area contributed by atoms with Gasteiger partial charge >= 0.3 is 0 Å². The van der Waals surface area contributed by atoms with Crippen LogP contribution in [0.15, 0.2) is 36.5 Å². The summed E-state index contributed by atoms with van der Waals surface area (Å²) in [5.74, 6) is 0.482. The van der Waals surface area contributed by atoms with Gasteiger partial charge in [-0.15, -0.1) is 0 Å². The highest BCUT2D eigenvalue weighted by molar-refractivity contribution is 6.30. The van der Waals surface area contributed by atoms with Crippen molar-refractivity contribution in [3.05, 3.63) is 52.8 Å². The Morgan fingerprint density at radius 2 is 2.09 bits per heavy atom. The number of hydrogen-bond acceptors (Lipinski definition) is 6. The third-order valence-electron chi connectivity index (χ3n) is 5.68. The van der Waals surface area contributed by atoms with E-state index < -0.39 is 0 Å². The third kappa shape index (κ3) is 5.09. The number of halogens is 1. The first-order valence-electron chi connectivity index (χ1n) is 11.0. The number of aromatic nitrogens is 3. The van der Waals surface area contributed by atoms with Crippen LogP contribution >= 0.6 is 11.6 Å². The summed E-state index contributed by atoms with van der Waals surface area (Å²) in [7, 11) is 1.67. The van der Waals surface area contributed by atoms with E-state index in [2.05, 4.69) is 15.7 Å². The second-order valence-corrected chi connectivity index (χ2v) is 8.36. The molecule has 0 bridgehead atoms. The van der Waals surface area contributed by atoms with Crippen LogP contribution in [-0.4, -0.2) is 64.7 Å². The Balaban J connectivity index is 1.67. The summed E-state index contributed by atoms with van der Waals surface area (Å²) in [6, 6.07) is 8.81. The molecule has 0 spiro atoms. The fourth-order valence-electron chi connectivity index (χ4n) is 3.92. The van der Waals surface area contributed by atoms with Crippen molar-refractivity contribution in [3.63, 3.8) is 0 Å². The number of fused-ring (bicyclic) bond motifs is 1. The van der Waals surface area contributed by atoms with E-state index in [1.165, 1.54) is 6.20 Å². The van der Waals surface area contributed by atoms with E-state index in [4.69, 9.17) is 21.3 Å². The average molecular weight is 471 g/mol. The molecule has 174 valence electrons. The maximum atomic E-state index is 13.0. The molecule has 1 aliphatic rings. The van der Waals surface area contributed by atoms with E-state index in [-0.39, 0.29) is 17.7 Å². The molecule has 1 unspecified atom stereocenters. The Hall–Kier alpha value is -3.17. The number of likely N-dealkylation sites (N-methyl/N-ethyl adjacent to an activating group) is 1. The Morgan fingerprint density at radius 3 is 2.79 bits per heavy atom. The normalized spacial score (nSPS) is 15.9. The van der Waals surface area contributed by atoms with Crippen LogP contribution in [-0.2, 0) is 9.53 Å². The first-order chi connectivity index (χ1) is 16.0. The average Bonchev–Trinajstić information content (AvgIpc) is 3.41. The summed E-state index contributed by atoms with van der Waals surface area (Å²) in [5, 5.41) is 11.2. The number of nitrogens with one attached hydrogen (secondary N) is 2. The van der Waals surface area contributed by atoms with Gasteiger partial charge in [-0.05, 0) is 37.6 Å². The van der Waals surface area contributed by atoms with Gasteiger partial charge in [-0.3, -0.25) is 9.59 Å². The van der Waals surface area contributed by atoms with Crippen molar-refractivity contribution in [2.75, 3.05) is 44.0 Å². The quantitative estimate of drug-likeness (QED) is 0.465. The molecule has 2 N–H and O–H groups in total. The molecule has 1 fully saturated rings. The van der Waals surface area contributed by atoms with E-state index in [9.17, 15) is 9.59 Å². The van der Waals surface area contributed by atoms with E-state index in [1.807, 2.05) is 17.9 Å². The molecular formula is C23H27ClN6O3. The third-order valence-corrected chi connectivity index (χ3v) is 5.94. The van der Waals surface area contributed by atoms with Gasteiger partial charge in [0.05, 0.1) is 11.9 Å². The Morgan fingerprint density at radius 1 is 1.30 bits per heavy atom. The predicted molar refractivity (Wildman–Crippen MR) is 127 cm³/mol. The first kappa shape index (κ1) is 23.0. The van der Waals surface area contributed by atoms with Crippen molar-refractivity contribution in [2.45, 2.75) is 25.7 Å². The molecule has 0 saturated carbocycles. The smallest absolute Gasteiger partial charge is 0.261 e. The molecule has 3 heterocycles. The van der Waals surface area contributed by atoms with Crippen molar-refractivity contribution >= 4 is 40.6 Å². The number of anilines is 2. The van der Waals surface area contributed by atoms with Crippen LogP contribution < -0.4 is 10.6 Å². The molecule has 2 amide bonds. The van der Waals surface area contributed by atoms with Crippen LogP contribution in [0.5, 0.6) is 0 Å². The lowest BCUT2D eigenvalue weighted by atomic mass is 10.0. The van der Waals surface area contributed by atoms with Crippen LogP contribution in [0.3, 0.4) is 0 Å². The molecule has 0 aliphatic carbocycles. The van der Waals surface area contributed by atoms with E-state index in [0.29, 0.717) is 54.6 Å². The van der Waals surface area contributed by atoms with Gasteiger partial charge in [0.25, 0.3) is 5.91 Å². The zero-order valence-electron chi connectivity index (χ0n) is 18.7. The van der Waals surface area contributed by atoms with Crippen LogP contribution in [0.4, 0.5) is 11.5 Å². The Labute approximate surface area is 197 Å². The highest BCUT2D eigenvalue weighted by Gasteiger charge is 2.31. The van der Waals surface area contributed by atoms with Crippen molar-refractivity contribution in [2.24, 2.45) is 0 Å². The number of likely N-dealkylation sites (tertiary alicyclic amines) is 1. The summed E-state index contributed by atoms with van der Waals surface area (Å²) < 4.78 is 6.76. The highest BCUT2D eigenvalue weighted by atomic mass is 35.5. The SMILES string of the molecule is CCN1CC(c2cc(NCCCOC)n3ncc(C(=O)Nc4ccc(Cl)cc4)c3n2)CC1=O. The second kappa shape index (κ2) is 10.2. The molecule has 3 aromatic rings. The second-order valence-electron chi connectivity index (χ2n) is 7.93. The largest absolute Gasteiger partial charge is 0.385 e. The van der Waals surface area contributed by atoms with Crippen LogP contribution in [0, 0.1) is 0 Å². The molecule has 9 nitrogen and oxygen atoms in total. The molecule has 33 heavy (non-hydrogen) atoms. The molecule has 1 saturated heterocycles. The summed E-state index contributed by atoms with van der Waals surface area (Å²) in [4.78, 5) is 31.9. The Bertz CT molecular complexity index is 1150. The van der Waals surface area contributed by atoms with Crippen LogP contribution in [0.25, 0.3) is 5.65 Å². The summed E-state index contributed by atoms with van der Waals surface area (Å²) in [6.45, 7) is 4.55. The number of nitrogens with zero attached hydrogens (tertiary/aromatic N) is 4. The number of benzene rings is 1.